The Hall–Kier alpha value is -0.0800. The Morgan fingerprint density at radius 3 is 2.62 bits per heavy atom. The number of hydrogen-bond donors (Lipinski definition) is 1. The van der Waals surface area contributed by atoms with Gasteiger partial charge >= 0.3 is 0 Å². The van der Waals surface area contributed by atoms with E-state index in [2.05, 4.69) is 31.0 Å². The van der Waals surface area contributed by atoms with E-state index in [1.807, 2.05) is 0 Å². The highest BCUT2D eigenvalue weighted by Gasteiger charge is 2.20. The minimum atomic E-state index is 0.817. The molecule has 0 aliphatic carbocycles. The van der Waals surface area contributed by atoms with Crippen molar-refractivity contribution in [1.82, 2.24) is 10.2 Å². The van der Waals surface area contributed by atoms with Crippen molar-refractivity contribution in [3.05, 3.63) is 0 Å². The highest BCUT2D eigenvalue weighted by atomic mass is 15.2. The molecule has 16 heavy (non-hydrogen) atoms. The predicted molar refractivity (Wildman–Crippen MR) is 71.8 cm³/mol. The van der Waals surface area contributed by atoms with Gasteiger partial charge in [-0.15, -0.1) is 0 Å². The first-order chi connectivity index (χ1) is 7.81. The fourth-order valence-corrected chi connectivity index (χ4v) is 2.93. The van der Waals surface area contributed by atoms with Crippen LogP contribution in [-0.2, 0) is 0 Å². The van der Waals surface area contributed by atoms with Gasteiger partial charge in [0.1, 0.15) is 0 Å². The zero-order valence-corrected chi connectivity index (χ0v) is 11.5. The molecule has 0 spiro atoms. The van der Waals surface area contributed by atoms with Crippen LogP contribution in [0.3, 0.4) is 0 Å². The maximum atomic E-state index is 3.53. The van der Waals surface area contributed by atoms with Crippen LogP contribution in [0.5, 0.6) is 0 Å². The van der Waals surface area contributed by atoms with Crippen LogP contribution in [0.4, 0.5) is 0 Å². The Kier molecular flexibility index (Phi) is 7.06. The molecular formula is C14H30N2. The second kappa shape index (κ2) is 8.08. The summed E-state index contributed by atoms with van der Waals surface area (Å²) >= 11 is 0. The van der Waals surface area contributed by atoms with E-state index in [0.717, 1.165) is 12.0 Å². The molecule has 1 saturated heterocycles. The molecule has 96 valence electrons. The minimum Gasteiger partial charge on any atom is -0.316 e. The van der Waals surface area contributed by atoms with E-state index < -0.39 is 0 Å². The van der Waals surface area contributed by atoms with Crippen LogP contribution in [0.15, 0.2) is 0 Å². The van der Waals surface area contributed by atoms with Gasteiger partial charge in [-0.05, 0) is 51.2 Å². The first-order valence-electron chi connectivity index (χ1n) is 7.26. The van der Waals surface area contributed by atoms with Crippen LogP contribution in [0.2, 0.25) is 0 Å². The van der Waals surface area contributed by atoms with E-state index in [9.17, 15) is 0 Å². The highest BCUT2D eigenvalue weighted by Crippen LogP contribution is 2.17. The van der Waals surface area contributed by atoms with Crippen LogP contribution >= 0.6 is 0 Å². The first-order valence-corrected chi connectivity index (χ1v) is 7.26. The van der Waals surface area contributed by atoms with Crippen LogP contribution < -0.4 is 5.32 Å². The van der Waals surface area contributed by atoms with Crippen molar-refractivity contribution < 1.29 is 0 Å². The molecule has 1 fully saturated rings. The third-order valence-corrected chi connectivity index (χ3v) is 3.91. The molecule has 2 nitrogen and oxygen atoms in total. The van der Waals surface area contributed by atoms with Crippen molar-refractivity contribution in [2.75, 3.05) is 26.2 Å². The summed E-state index contributed by atoms with van der Waals surface area (Å²) in [4.78, 5) is 2.71. The number of nitrogens with one attached hydrogen (secondary N) is 1. The second-order valence-electron chi connectivity index (χ2n) is 5.15. The van der Waals surface area contributed by atoms with Crippen molar-refractivity contribution in [2.45, 2.75) is 58.9 Å². The lowest BCUT2D eigenvalue weighted by Gasteiger charge is -2.34. The van der Waals surface area contributed by atoms with Crippen molar-refractivity contribution in [3.8, 4) is 0 Å². The molecule has 2 heteroatoms. The molecule has 1 heterocycles. The van der Waals surface area contributed by atoms with E-state index in [1.54, 1.807) is 0 Å². The zero-order chi connectivity index (χ0) is 11.8. The van der Waals surface area contributed by atoms with Crippen LogP contribution in [0, 0.1) is 5.92 Å². The summed E-state index contributed by atoms with van der Waals surface area (Å²) < 4.78 is 0. The lowest BCUT2D eigenvalue weighted by atomic mass is 9.97. The molecular weight excluding hydrogens is 196 g/mol. The van der Waals surface area contributed by atoms with Gasteiger partial charge in [0.25, 0.3) is 0 Å². The van der Waals surface area contributed by atoms with Crippen molar-refractivity contribution in [2.24, 2.45) is 5.92 Å². The molecule has 2 atom stereocenters. The van der Waals surface area contributed by atoms with Gasteiger partial charge < -0.3 is 10.2 Å². The molecule has 1 aliphatic heterocycles. The number of rotatable bonds is 7. The van der Waals surface area contributed by atoms with Gasteiger partial charge in [-0.1, -0.05) is 27.2 Å². The molecule has 1 N–H and O–H groups in total. The number of piperidine rings is 1. The lowest BCUT2D eigenvalue weighted by molar-refractivity contribution is 0.149. The van der Waals surface area contributed by atoms with Crippen LogP contribution in [0.25, 0.3) is 0 Å². The fraction of sp³-hybridized carbons (Fsp3) is 1.00. The average Bonchev–Trinajstić information content (AvgIpc) is 2.35. The van der Waals surface area contributed by atoms with E-state index in [0.29, 0.717) is 0 Å². The molecule has 0 saturated carbocycles. The molecule has 1 aliphatic rings. The van der Waals surface area contributed by atoms with Gasteiger partial charge in [0.2, 0.25) is 0 Å². The fourth-order valence-electron chi connectivity index (χ4n) is 2.93. The van der Waals surface area contributed by atoms with E-state index in [4.69, 9.17) is 0 Å². The summed E-state index contributed by atoms with van der Waals surface area (Å²) in [6.07, 6.45) is 6.78. The van der Waals surface area contributed by atoms with E-state index >= 15 is 0 Å². The maximum Gasteiger partial charge on any atom is 0.00925 e. The Bertz CT molecular complexity index is 164. The normalized spacial score (nSPS) is 23.6. The highest BCUT2D eigenvalue weighted by molar-refractivity contribution is 4.76. The summed E-state index contributed by atoms with van der Waals surface area (Å²) in [6.45, 7) is 11.9. The summed E-state index contributed by atoms with van der Waals surface area (Å²) in [5.41, 5.74) is 0. The first kappa shape index (κ1) is 14.0. The Labute approximate surface area is 102 Å². The van der Waals surface area contributed by atoms with Crippen molar-refractivity contribution in [3.63, 3.8) is 0 Å². The van der Waals surface area contributed by atoms with E-state index in [-0.39, 0.29) is 0 Å². The Morgan fingerprint density at radius 2 is 2.12 bits per heavy atom. The third-order valence-electron chi connectivity index (χ3n) is 3.91. The topological polar surface area (TPSA) is 15.3 Å². The van der Waals surface area contributed by atoms with Crippen LogP contribution in [-0.4, -0.2) is 37.1 Å². The van der Waals surface area contributed by atoms with Gasteiger partial charge in [-0.3, -0.25) is 0 Å². The maximum absolute atomic E-state index is 3.53. The Morgan fingerprint density at radius 1 is 1.31 bits per heavy atom. The molecule has 0 aromatic carbocycles. The number of hydrogen-bond acceptors (Lipinski definition) is 2. The van der Waals surface area contributed by atoms with Gasteiger partial charge in [-0.2, -0.15) is 0 Å². The summed E-state index contributed by atoms with van der Waals surface area (Å²) in [6, 6.07) is 0.817. The lowest BCUT2D eigenvalue weighted by Crippen LogP contribution is -2.42. The Balaban J connectivity index is 2.38. The molecule has 0 aromatic heterocycles. The second-order valence-corrected chi connectivity index (χ2v) is 5.15. The standard InChI is InChI=1S/C14H30N2/c1-4-8-14(5-2)16(6-3)12-13-9-7-10-15-11-13/h13-15H,4-12H2,1-3H3. The van der Waals surface area contributed by atoms with Gasteiger partial charge in [0, 0.05) is 12.6 Å². The predicted octanol–water partition coefficient (Wildman–Crippen LogP) is 2.89. The monoisotopic (exact) mass is 226 g/mol. The molecule has 2 unspecified atom stereocenters. The van der Waals surface area contributed by atoms with Gasteiger partial charge in [0.15, 0.2) is 0 Å². The largest absolute Gasteiger partial charge is 0.316 e. The average molecular weight is 226 g/mol. The molecule has 0 bridgehead atoms. The summed E-state index contributed by atoms with van der Waals surface area (Å²) in [5.74, 6) is 0.889. The van der Waals surface area contributed by atoms with Crippen LogP contribution in [0.1, 0.15) is 52.9 Å². The van der Waals surface area contributed by atoms with Crippen molar-refractivity contribution in [1.29, 1.82) is 0 Å². The zero-order valence-electron chi connectivity index (χ0n) is 11.5. The molecule has 0 amide bonds. The molecule has 1 rings (SSSR count). The quantitative estimate of drug-likeness (QED) is 0.718. The number of nitrogens with zero attached hydrogens (tertiary/aromatic N) is 1. The minimum absolute atomic E-state index is 0.817. The molecule has 0 aromatic rings. The van der Waals surface area contributed by atoms with Gasteiger partial charge in [-0.25, -0.2) is 0 Å². The molecule has 0 radical (unpaired) electrons. The third kappa shape index (κ3) is 4.42. The smallest absolute Gasteiger partial charge is 0.00925 e. The SMILES string of the molecule is CCCC(CC)N(CC)CC1CCCNC1. The van der Waals surface area contributed by atoms with Gasteiger partial charge in [0.05, 0.1) is 0 Å². The summed E-state index contributed by atoms with van der Waals surface area (Å²) in [5, 5.41) is 3.53. The van der Waals surface area contributed by atoms with E-state index in [1.165, 1.54) is 58.3 Å². The van der Waals surface area contributed by atoms with Crippen molar-refractivity contribution >= 4 is 0 Å². The summed E-state index contributed by atoms with van der Waals surface area (Å²) in [7, 11) is 0.